The number of primary amides is 1. The summed E-state index contributed by atoms with van der Waals surface area (Å²) in [5.41, 5.74) is 6.45. The van der Waals surface area contributed by atoms with E-state index in [2.05, 4.69) is 47.9 Å². The molecule has 2 aromatic rings. The summed E-state index contributed by atoms with van der Waals surface area (Å²) in [6, 6.07) is 2.50. The first-order valence-corrected chi connectivity index (χ1v) is 26.1. The van der Waals surface area contributed by atoms with Gasteiger partial charge in [-0.25, -0.2) is 0 Å². The zero-order valence-corrected chi connectivity index (χ0v) is 46.3. The third-order valence-corrected chi connectivity index (χ3v) is 11.8. The highest BCUT2D eigenvalue weighted by Gasteiger charge is 2.36. The Balaban J connectivity index is 2.23. The zero-order chi connectivity index (χ0) is 63.9. The van der Waals surface area contributed by atoms with Crippen LogP contribution < -0.4 is 64.2 Å². The number of aliphatic carboxylic acids is 5. The van der Waals surface area contributed by atoms with Gasteiger partial charge in [0, 0.05) is 25.3 Å². The summed E-state index contributed by atoms with van der Waals surface area (Å²) in [4.78, 5) is 203. The maximum Gasteiger partial charge on any atom is 0.305 e. The monoisotopic (exact) mass is 1200 g/mol. The Morgan fingerprint density at radius 2 is 0.718 bits per heavy atom. The van der Waals surface area contributed by atoms with Crippen molar-refractivity contribution in [1.29, 1.82) is 0 Å². The van der Waals surface area contributed by atoms with E-state index in [9.17, 15) is 97.1 Å². The molecule has 2 aromatic carbocycles. The standard InChI is InChI=1S/C52H70N12O21/c1-4-29(45(53)78)59-48(81)31(17-27-11-7-5-8-12-27)61-49(82)32(18-28-13-9-6-10-14-28)62-52(85)36(22-44(76)77)64-47(80)30(15-16-40(68)69)60-51(84)35(21-43(74)75)58-39(67)25-55-37(65)23-54-38(66)24-56-46(79)33(19-41(70)71)63-50(83)34(20-42(72)73)57-26(2)3/h5-14,26,29-36,57H,4,15-25H2,1-3H3,(H2,53,78)(H,54,66)(H,55,65)(H,56,79)(H,58,67)(H,59,81)(H,60,84)(H,61,82)(H,62,85)(H,63,83)(H,64,80)(H,68,69)(H,70,71)(H,72,73)(H,74,75)(H,76,77)/t29-,30-,31-,32-,33-,34-,35-,36-/m0/s1. The summed E-state index contributed by atoms with van der Waals surface area (Å²) in [6.07, 6.45) is -6.06. The molecule has 0 aliphatic carbocycles. The number of carbonyl (C=O) groups is 16. The van der Waals surface area contributed by atoms with Crippen molar-refractivity contribution in [3.8, 4) is 0 Å². The summed E-state index contributed by atoms with van der Waals surface area (Å²) in [5.74, 6) is -20.3. The van der Waals surface area contributed by atoms with Crippen LogP contribution in [0.15, 0.2) is 60.7 Å². The molecule has 11 amide bonds. The summed E-state index contributed by atoms with van der Waals surface area (Å²) >= 11 is 0. The van der Waals surface area contributed by atoms with Gasteiger partial charge in [0.1, 0.15) is 42.3 Å². The fraction of sp³-hybridized carbons (Fsp3) is 0.462. The van der Waals surface area contributed by atoms with E-state index >= 15 is 0 Å². The van der Waals surface area contributed by atoms with Crippen molar-refractivity contribution in [3.05, 3.63) is 71.8 Å². The number of hydrogen-bond donors (Lipinski definition) is 17. The predicted octanol–water partition coefficient (Wildman–Crippen LogP) is -5.76. The van der Waals surface area contributed by atoms with Crippen LogP contribution in [-0.2, 0) is 89.6 Å². The first-order valence-electron chi connectivity index (χ1n) is 26.1. The van der Waals surface area contributed by atoms with Gasteiger partial charge in [-0.3, -0.25) is 76.7 Å². The van der Waals surface area contributed by atoms with Gasteiger partial charge >= 0.3 is 29.8 Å². The lowest BCUT2D eigenvalue weighted by Crippen LogP contribution is -2.60. The SMILES string of the molecule is CC[C@H](NC(=O)[C@H](Cc1ccccc1)NC(=O)[C@H](Cc1ccccc1)NC(=O)[C@H](CC(=O)O)NC(=O)[C@H](CCC(=O)O)NC(=O)[C@H](CC(=O)O)NC(=O)CNC(=O)CNC(=O)CNC(=O)[C@H](CC(=O)O)NC(=O)[C@H](CC(=O)O)NC(C)C)C(N)=O. The molecule has 0 saturated carbocycles. The molecule has 0 saturated heterocycles. The molecule has 0 aliphatic rings. The summed E-state index contributed by atoms with van der Waals surface area (Å²) in [6.45, 7) is 2.02. The van der Waals surface area contributed by atoms with E-state index in [1.807, 2.05) is 10.6 Å². The highest BCUT2D eigenvalue weighted by Crippen LogP contribution is 2.10. The Morgan fingerprint density at radius 3 is 1.12 bits per heavy atom. The van der Waals surface area contributed by atoms with Crippen LogP contribution in [0.3, 0.4) is 0 Å². The average Bonchev–Trinajstić information content (AvgIpc) is 3.46. The number of carbonyl (C=O) groups excluding carboxylic acids is 11. The van der Waals surface area contributed by atoms with E-state index in [4.69, 9.17) is 10.8 Å². The summed E-state index contributed by atoms with van der Waals surface area (Å²) in [5, 5.41) is 71.8. The molecular weight excluding hydrogens is 1130 g/mol. The van der Waals surface area contributed by atoms with Crippen LogP contribution in [0.2, 0.25) is 0 Å². The third-order valence-electron chi connectivity index (χ3n) is 11.8. The van der Waals surface area contributed by atoms with Gasteiger partial charge in [0.25, 0.3) is 0 Å². The molecule has 0 heterocycles. The molecule has 18 N–H and O–H groups in total. The quantitative estimate of drug-likeness (QED) is 0.0297. The molecule has 85 heavy (non-hydrogen) atoms. The maximum absolute atomic E-state index is 14.2. The number of benzene rings is 2. The fourth-order valence-corrected chi connectivity index (χ4v) is 7.64. The molecule has 2 rings (SSSR count). The Kier molecular flexibility index (Phi) is 30.4. The van der Waals surface area contributed by atoms with Crippen molar-refractivity contribution in [2.24, 2.45) is 5.73 Å². The van der Waals surface area contributed by atoms with Gasteiger partial charge in [-0.1, -0.05) is 81.4 Å². The minimum atomic E-state index is -2.08. The van der Waals surface area contributed by atoms with Gasteiger partial charge in [0.05, 0.1) is 51.4 Å². The van der Waals surface area contributed by atoms with E-state index < -0.39 is 207 Å². The molecule has 33 nitrogen and oxygen atoms in total. The Morgan fingerprint density at radius 1 is 0.388 bits per heavy atom. The maximum atomic E-state index is 14.2. The number of amides is 11. The normalized spacial score (nSPS) is 13.6. The van der Waals surface area contributed by atoms with Crippen molar-refractivity contribution < 1.29 is 102 Å². The number of nitrogens with two attached hydrogens (primary N) is 1. The molecule has 0 aliphatic heterocycles. The Hall–Kier alpha value is -10.1. The first kappa shape index (κ1) is 71.0. The molecule has 0 spiro atoms. The van der Waals surface area contributed by atoms with E-state index in [0.29, 0.717) is 11.1 Å². The molecule has 0 unspecified atom stereocenters. The highest BCUT2D eigenvalue weighted by atomic mass is 16.4. The lowest BCUT2D eigenvalue weighted by molar-refractivity contribution is -0.142. The number of rotatable bonds is 39. The molecule has 0 bridgehead atoms. The first-order chi connectivity index (χ1) is 40.0. The van der Waals surface area contributed by atoms with E-state index in [0.717, 1.165) is 0 Å². The van der Waals surface area contributed by atoms with Crippen molar-refractivity contribution in [2.75, 3.05) is 19.6 Å². The van der Waals surface area contributed by atoms with Crippen molar-refractivity contribution >= 4 is 94.8 Å². The van der Waals surface area contributed by atoms with Crippen molar-refractivity contribution in [2.45, 2.75) is 133 Å². The van der Waals surface area contributed by atoms with Gasteiger partial charge in [-0.2, -0.15) is 0 Å². The molecule has 0 aromatic heterocycles. The minimum Gasteiger partial charge on any atom is -0.481 e. The van der Waals surface area contributed by atoms with E-state index in [1.54, 1.807) is 81.4 Å². The van der Waals surface area contributed by atoms with Crippen molar-refractivity contribution in [3.63, 3.8) is 0 Å². The van der Waals surface area contributed by atoms with Crippen LogP contribution in [0, 0.1) is 0 Å². The lowest BCUT2D eigenvalue weighted by Gasteiger charge is -2.27. The van der Waals surface area contributed by atoms with Gasteiger partial charge in [-0.15, -0.1) is 0 Å². The smallest absolute Gasteiger partial charge is 0.305 e. The third kappa shape index (κ3) is 28.5. The van der Waals surface area contributed by atoms with Crippen LogP contribution in [-0.4, -0.2) is 194 Å². The second-order valence-corrected chi connectivity index (χ2v) is 19.1. The van der Waals surface area contributed by atoms with Crippen LogP contribution >= 0.6 is 0 Å². The minimum absolute atomic E-state index is 0.0922. The molecule has 0 radical (unpaired) electrons. The number of nitrogens with one attached hydrogen (secondary N) is 11. The highest BCUT2D eigenvalue weighted by molar-refractivity contribution is 6.00. The van der Waals surface area contributed by atoms with Gasteiger partial charge in [-0.05, 0) is 24.0 Å². The van der Waals surface area contributed by atoms with Gasteiger partial charge in [0.15, 0.2) is 0 Å². The number of carboxylic acid groups (broad SMARTS) is 5. The molecular formula is C52H70N12O21. The lowest BCUT2D eigenvalue weighted by atomic mass is 10.0. The van der Waals surface area contributed by atoms with Gasteiger partial charge in [0.2, 0.25) is 65.0 Å². The summed E-state index contributed by atoms with van der Waals surface area (Å²) in [7, 11) is 0. The van der Waals surface area contributed by atoms with Crippen molar-refractivity contribution in [1.82, 2.24) is 58.5 Å². The number of hydrogen-bond acceptors (Lipinski definition) is 17. The van der Waals surface area contributed by atoms with E-state index in [-0.39, 0.29) is 19.3 Å². The van der Waals surface area contributed by atoms with Gasteiger partial charge < -0.3 is 89.8 Å². The van der Waals surface area contributed by atoms with E-state index in [1.165, 1.54) is 0 Å². The molecule has 0 fully saturated rings. The second kappa shape index (κ2) is 36.4. The number of carboxylic acids is 5. The van der Waals surface area contributed by atoms with Crippen LogP contribution in [0.5, 0.6) is 0 Å². The molecule has 8 atom stereocenters. The molecule has 33 heteroatoms. The Labute approximate surface area is 484 Å². The second-order valence-electron chi connectivity index (χ2n) is 19.1. The predicted molar refractivity (Wildman–Crippen MR) is 290 cm³/mol. The summed E-state index contributed by atoms with van der Waals surface area (Å²) < 4.78 is 0. The molecule has 464 valence electrons. The fourth-order valence-electron chi connectivity index (χ4n) is 7.64. The topological polar surface area (TPSA) is 533 Å². The zero-order valence-electron chi connectivity index (χ0n) is 46.3. The Bertz CT molecular complexity index is 2750. The average molecular weight is 1200 g/mol. The van der Waals surface area contributed by atoms with Crippen LogP contribution in [0.1, 0.15) is 76.8 Å². The largest absolute Gasteiger partial charge is 0.481 e. The van der Waals surface area contributed by atoms with Crippen LogP contribution in [0.25, 0.3) is 0 Å². The van der Waals surface area contributed by atoms with Crippen LogP contribution in [0.4, 0.5) is 0 Å².